The highest BCUT2D eigenvalue weighted by atomic mass is 16.5. The van der Waals surface area contributed by atoms with Gasteiger partial charge in [0.05, 0.1) is 0 Å². The van der Waals surface area contributed by atoms with Gasteiger partial charge in [-0.3, -0.25) is 0 Å². The standard InChI is InChI=1S/C16H31NO/c1-13(2)17-11-14-7-4-3-5-9-16(14)15-8-6-10-18-12-15/h13-17H,3-12H2,1-2H3. The SMILES string of the molecule is CC(C)NCC1CCCCCC1C1CCCOC1. The Kier molecular flexibility index (Phi) is 5.97. The third-order valence-electron chi connectivity index (χ3n) is 4.81. The maximum atomic E-state index is 5.73. The van der Waals surface area contributed by atoms with Crippen LogP contribution in [-0.2, 0) is 4.74 Å². The average Bonchev–Trinajstić information content (AvgIpc) is 2.62. The van der Waals surface area contributed by atoms with Gasteiger partial charge in [0.15, 0.2) is 0 Å². The zero-order chi connectivity index (χ0) is 12.8. The summed E-state index contributed by atoms with van der Waals surface area (Å²) >= 11 is 0. The van der Waals surface area contributed by atoms with Crippen molar-refractivity contribution in [3.05, 3.63) is 0 Å². The van der Waals surface area contributed by atoms with Gasteiger partial charge in [0.2, 0.25) is 0 Å². The maximum absolute atomic E-state index is 5.73. The first-order valence-corrected chi connectivity index (χ1v) is 8.08. The van der Waals surface area contributed by atoms with Gasteiger partial charge in [-0.15, -0.1) is 0 Å². The molecule has 3 atom stereocenters. The molecule has 0 aromatic rings. The fourth-order valence-electron chi connectivity index (χ4n) is 3.78. The molecule has 18 heavy (non-hydrogen) atoms. The van der Waals surface area contributed by atoms with Crippen molar-refractivity contribution in [1.29, 1.82) is 0 Å². The van der Waals surface area contributed by atoms with Gasteiger partial charge in [0.1, 0.15) is 0 Å². The Bertz CT molecular complexity index is 223. The molecule has 0 radical (unpaired) electrons. The van der Waals surface area contributed by atoms with Crippen LogP contribution in [0.25, 0.3) is 0 Å². The molecule has 1 aliphatic heterocycles. The fraction of sp³-hybridized carbons (Fsp3) is 1.00. The van der Waals surface area contributed by atoms with Crippen molar-refractivity contribution in [3.63, 3.8) is 0 Å². The summed E-state index contributed by atoms with van der Waals surface area (Å²) in [6.45, 7) is 7.77. The Labute approximate surface area is 113 Å². The zero-order valence-electron chi connectivity index (χ0n) is 12.3. The second kappa shape index (κ2) is 7.49. The number of hydrogen-bond donors (Lipinski definition) is 1. The Balaban J connectivity index is 1.92. The van der Waals surface area contributed by atoms with Crippen molar-refractivity contribution < 1.29 is 4.74 Å². The first-order valence-electron chi connectivity index (χ1n) is 8.08. The third kappa shape index (κ3) is 4.24. The Hall–Kier alpha value is -0.0800. The Morgan fingerprint density at radius 1 is 1.06 bits per heavy atom. The van der Waals surface area contributed by atoms with Crippen molar-refractivity contribution in [1.82, 2.24) is 5.32 Å². The lowest BCUT2D eigenvalue weighted by Crippen LogP contribution is -2.37. The summed E-state index contributed by atoms with van der Waals surface area (Å²) < 4.78 is 5.73. The molecule has 1 N–H and O–H groups in total. The largest absolute Gasteiger partial charge is 0.381 e. The monoisotopic (exact) mass is 253 g/mol. The molecule has 0 amide bonds. The smallest absolute Gasteiger partial charge is 0.0497 e. The summed E-state index contributed by atoms with van der Waals surface area (Å²) in [6, 6.07) is 0.622. The zero-order valence-corrected chi connectivity index (χ0v) is 12.3. The summed E-state index contributed by atoms with van der Waals surface area (Å²) in [6.07, 6.45) is 9.89. The molecule has 2 aliphatic rings. The molecule has 2 fully saturated rings. The summed E-state index contributed by atoms with van der Waals surface area (Å²) in [5.41, 5.74) is 0. The maximum Gasteiger partial charge on any atom is 0.0497 e. The quantitative estimate of drug-likeness (QED) is 0.773. The van der Waals surface area contributed by atoms with Gasteiger partial charge >= 0.3 is 0 Å². The fourth-order valence-corrected chi connectivity index (χ4v) is 3.78. The van der Waals surface area contributed by atoms with Crippen LogP contribution < -0.4 is 5.32 Å². The van der Waals surface area contributed by atoms with Crippen LogP contribution in [0.3, 0.4) is 0 Å². The van der Waals surface area contributed by atoms with E-state index in [2.05, 4.69) is 19.2 Å². The topological polar surface area (TPSA) is 21.3 Å². The highest BCUT2D eigenvalue weighted by Gasteiger charge is 2.31. The van der Waals surface area contributed by atoms with Crippen LogP contribution in [-0.4, -0.2) is 25.8 Å². The molecule has 0 aromatic heterocycles. The van der Waals surface area contributed by atoms with Gasteiger partial charge in [-0.1, -0.05) is 33.1 Å². The van der Waals surface area contributed by atoms with Crippen molar-refractivity contribution in [2.75, 3.05) is 19.8 Å². The predicted molar refractivity (Wildman–Crippen MR) is 76.7 cm³/mol. The minimum absolute atomic E-state index is 0.622. The lowest BCUT2D eigenvalue weighted by molar-refractivity contribution is 0.0141. The van der Waals surface area contributed by atoms with Crippen LogP contribution in [0.4, 0.5) is 0 Å². The molecule has 106 valence electrons. The van der Waals surface area contributed by atoms with Crippen LogP contribution in [0.15, 0.2) is 0 Å². The number of hydrogen-bond acceptors (Lipinski definition) is 2. The van der Waals surface area contributed by atoms with E-state index in [1.54, 1.807) is 0 Å². The first kappa shape index (κ1) is 14.3. The third-order valence-corrected chi connectivity index (χ3v) is 4.81. The summed E-state index contributed by atoms with van der Waals surface area (Å²) in [7, 11) is 0. The van der Waals surface area contributed by atoms with Crippen LogP contribution in [0.1, 0.15) is 58.8 Å². The highest BCUT2D eigenvalue weighted by molar-refractivity contribution is 4.82. The van der Waals surface area contributed by atoms with E-state index in [0.29, 0.717) is 6.04 Å². The first-order chi connectivity index (χ1) is 8.77. The molecule has 1 saturated carbocycles. The molecule has 0 aromatic carbocycles. The molecule has 1 heterocycles. The van der Waals surface area contributed by atoms with Crippen LogP contribution in [0, 0.1) is 17.8 Å². The van der Waals surface area contributed by atoms with E-state index >= 15 is 0 Å². The molecule has 0 spiro atoms. The number of ether oxygens (including phenoxy) is 1. The van der Waals surface area contributed by atoms with Crippen molar-refractivity contribution >= 4 is 0 Å². The van der Waals surface area contributed by atoms with Gasteiger partial charge in [0, 0.05) is 19.3 Å². The van der Waals surface area contributed by atoms with E-state index in [1.807, 2.05) is 0 Å². The second-order valence-electron chi connectivity index (χ2n) is 6.60. The highest BCUT2D eigenvalue weighted by Crippen LogP contribution is 2.37. The molecular weight excluding hydrogens is 222 g/mol. The molecule has 0 bridgehead atoms. The van der Waals surface area contributed by atoms with E-state index in [0.717, 1.165) is 31.0 Å². The van der Waals surface area contributed by atoms with E-state index < -0.39 is 0 Å². The molecular formula is C16H31NO. The minimum Gasteiger partial charge on any atom is -0.381 e. The van der Waals surface area contributed by atoms with E-state index in [1.165, 1.54) is 51.5 Å². The van der Waals surface area contributed by atoms with Crippen molar-refractivity contribution in [2.24, 2.45) is 17.8 Å². The Morgan fingerprint density at radius 3 is 2.61 bits per heavy atom. The van der Waals surface area contributed by atoms with Crippen LogP contribution in [0.5, 0.6) is 0 Å². The predicted octanol–water partition coefficient (Wildman–Crippen LogP) is 3.61. The molecule has 1 aliphatic carbocycles. The number of nitrogens with one attached hydrogen (secondary N) is 1. The summed E-state index contributed by atoms with van der Waals surface area (Å²) in [5.74, 6) is 2.65. The van der Waals surface area contributed by atoms with Gasteiger partial charge in [-0.05, 0) is 50.0 Å². The summed E-state index contributed by atoms with van der Waals surface area (Å²) in [5, 5.41) is 3.67. The minimum atomic E-state index is 0.622. The van der Waals surface area contributed by atoms with Crippen molar-refractivity contribution in [3.8, 4) is 0 Å². The molecule has 3 unspecified atom stereocenters. The molecule has 1 saturated heterocycles. The number of rotatable bonds is 4. The van der Waals surface area contributed by atoms with Gasteiger partial charge in [0.25, 0.3) is 0 Å². The van der Waals surface area contributed by atoms with Gasteiger partial charge in [-0.25, -0.2) is 0 Å². The molecule has 2 rings (SSSR count). The van der Waals surface area contributed by atoms with Crippen LogP contribution in [0.2, 0.25) is 0 Å². The molecule has 2 nitrogen and oxygen atoms in total. The van der Waals surface area contributed by atoms with Crippen LogP contribution >= 0.6 is 0 Å². The average molecular weight is 253 g/mol. The van der Waals surface area contributed by atoms with E-state index in [9.17, 15) is 0 Å². The van der Waals surface area contributed by atoms with E-state index in [4.69, 9.17) is 4.74 Å². The van der Waals surface area contributed by atoms with Gasteiger partial charge < -0.3 is 10.1 Å². The lowest BCUT2D eigenvalue weighted by atomic mass is 9.76. The summed E-state index contributed by atoms with van der Waals surface area (Å²) in [4.78, 5) is 0. The van der Waals surface area contributed by atoms with Crippen molar-refractivity contribution in [2.45, 2.75) is 64.8 Å². The van der Waals surface area contributed by atoms with Gasteiger partial charge in [-0.2, -0.15) is 0 Å². The lowest BCUT2D eigenvalue weighted by Gasteiger charge is -2.35. The second-order valence-corrected chi connectivity index (χ2v) is 6.60. The Morgan fingerprint density at radius 2 is 1.89 bits per heavy atom. The molecule has 2 heteroatoms. The normalized spacial score (nSPS) is 34.5. The van der Waals surface area contributed by atoms with E-state index in [-0.39, 0.29) is 0 Å².